The molecule has 0 aliphatic heterocycles. The highest BCUT2D eigenvalue weighted by Gasteiger charge is 2.09. The van der Waals surface area contributed by atoms with Crippen LogP contribution in [0.5, 0.6) is 0 Å². The molecule has 0 fully saturated rings. The van der Waals surface area contributed by atoms with E-state index in [4.69, 9.17) is 5.11 Å². The van der Waals surface area contributed by atoms with Crippen molar-refractivity contribution in [3.05, 3.63) is 24.3 Å². The third-order valence-electron chi connectivity index (χ3n) is 3.31. The zero-order chi connectivity index (χ0) is 15.1. The first-order valence-electron chi connectivity index (χ1n) is 7.62. The van der Waals surface area contributed by atoms with Gasteiger partial charge < -0.3 is 15.7 Å². The van der Waals surface area contributed by atoms with E-state index in [0.29, 0.717) is 5.95 Å². The molecule has 5 nitrogen and oxygen atoms in total. The van der Waals surface area contributed by atoms with Crippen LogP contribution in [0, 0.1) is 0 Å². The molecule has 1 aromatic heterocycles. The molecular formula is C16H24N4O. The van der Waals surface area contributed by atoms with Crippen LogP contribution >= 0.6 is 0 Å². The predicted octanol–water partition coefficient (Wildman–Crippen LogP) is 3.02. The Morgan fingerprint density at radius 1 is 1.24 bits per heavy atom. The van der Waals surface area contributed by atoms with Crippen LogP contribution in [0.2, 0.25) is 0 Å². The van der Waals surface area contributed by atoms with E-state index in [9.17, 15) is 0 Å². The minimum absolute atomic E-state index is 0.222. The van der Waals surface area contributed by atoms with E-state index in [1.165, 1.54) is 0 Å². The van der Waals surface area contributed by atoms with Crippen LogP contribution in [-0.2, 0) is 0 Å². The lowest BCUT2D eigenvalue weighted by Crippen LogP contribution is -2.17. The summed E-state index contributed by atoms with van der Waals surface area (Å²) in [5.74, 6) is 1.51. The molecule has 1 aromatic carbocycles. The highest BCUT2D eigenvalue weighted by atomic mass is 16.2. The number of benzene rings is 1. The number of hydrogen-bond acceptors (Lipinski definition) is 5. The highest BCUT2D eigenvalue weighted by molar-refractivity contribution is 5.90. The summed E-state index contributed by atoms with van der Waals surface area (Å²) >= 11 is 0. The second-order valence-corrected chi connectivity index (χ2v) is 5.25. The number of aliphatic hydroxyl groups excluding tert-OH is 1. The van der Waals surface area contributed by atoms with Crippen LogP contribution in [0.4, 0.5) is 11.8 Å². The Hall–Kier alpha value is -1.88. The van der Waals surface area contributed by atoms with Crippen molar-refractivity contribution in [2.75, 3.05) is 23.8 Å². The Morgan fingerprint density at radius 3 is 2.81 bits per heavy atom. The van der Waals surface area contributed by atoms with E-state index in [-0.39, 0.29) is 12.6 Å². The number of para-hydroxylation sites is 1. The lowest BCUT2D eigenvalue weighted by molar-refractivity contribution is 0.282. The summed E-state index contributed by atoms with van der Waals surface area (Å²) in [5, 5.41) is 16.6. The molecule has 0 aliphatic carbocycles. The first kappa shape index (κ1) is 15.5. The standard InChI is InChI=1S/C16H24N4O/c1-3-10-17-16-19-14-9-5-4-8-13(14)15(20-16)18-12(2)7-6-11-21/h4-5,8-9,12,21H,3,6-7,10-11H2,1-2H3,(H2,17,18,19,20). The number of hydrogen-bond donors (Lipinski definition) is 3. The Balaban J connectivity index is 2.26. The van der Waals surface area contributed by atoms with E-state index in [0.717, 1.165) is 42.5 Å². The molecule has 1 heterocycles. The molecule has 114 valence electrons. The van der Waals surface area contributed by atoms with Crippen molar-refractivity contribution in [3.63, 3.8) is 0 Å². The molecule has 1 unspecified atom stereocenters. The van der Waals surface area contributed by atoms with Crippen molar-refractivity contribution in [1.82, 2.24) is 9.97 Å². The average Bonchev–Trinajstić information content (AvgIpc) is 2.51. The van der Waals surface area contributed by atoms with Crippen LogP contribution in [0.15, 0.2) is 24.3 Å². The zero-order valence-corrected chi connectivity index (χ0v) is 12.8. The average molecular weight is 288 g/mol. The number of rotatable bonds is 8. The number of aromatic nitrogens is 2. The van der Waals surface area contributed by atoms with Crippen LogP contribution in [0.3, 0.4) is 0 Å². The number of fused-ring (bicyclic) bond motifs is 1. The van der Waals surface area contributed by atoms with Gasteiger partial charge in [-0.2, -0.15) is 4.98 Å². The molecule has 0 radical (unpaired) electrons. The van der Waals surface area contributed by atoms with E-state index in [2.05, 4.69) is 34.4 Å². The smallest absolute Gasteiger partial charge is 0.225 e. The first-order valence-corrected chi connectivity index (χ1v) is 7.62. The molecule has 0 bridgehead atoms. The maximum atomic E-state index is 8.93. The topological polar surface area (TPSA) is 70.1 Å². The van der Waals surface area contributed by atoms with Crippen LogP contribution in [0.1, 0.15) is 33.1 Å². The van der Waals surface area contributed by atoms with Crippen molar-refractivity contribution in [2.45, 2.75) is 39.2 Å². The summed E-state index contributed by atoms with van der Waals surface area (Å²) < 4.78 is 0. The fourth-order valence-electron chi connectivity index (χ4n) is 2.21. The maximum absolute atomic E-state index is 8.93. The second-order valence-electron chi connectivity index (χ2n) is 5.25. The molecule has 5 heteroatoms. The first-order chi connectivity index (χ1) is 10.2. The Kier molecular flexibility index (Phi) is 5.75. The Labute approximate surface area is 125 Å². The third-order valence-corrected chi connectivity index (χ3v) is 3.31. The minimum atomic E-state index is 0.222. The molecule has 2 aromatic rings. The SMILES string of the molecule is CCCNc1nc(NC(C)CCCO)c2ccccc2n1. The molecule has 3 N–H and O–H groups in total. The van der Waals surface area contributed by atoms with Gasteiger partial charge in [0.25, 0.3) is 0 Å². The normalized spacial score (nSPS) is 12.3. The van der Waals surface area contributed by atoms with E-state index < -0.39 is 0 Å². The molecule has 1 atom stereocenters. The van der Waals surface area contributed by atoms with Gasteiger partial charge in [0.05, 0.1) is 5.52 Å². The zero-order valence-electron chi connectivity index (χ0n) is 12.8. The van der Waals surface area contributed by atoms with Gasteiger partial charge in [0.15, 0.2) is 0 Å². The number of anilines is 2. The lowest BCUT2D eigenvalue weighted by Gasteiger charge is -2.16. The van der Waals surface area contributed by atoms with Gasteiger partial charge in [-0.3, -0.25) is 0 Å². The van der Waals surface area contributed by atoms with Gasteiger partial charge in [-0.05, 0) is 38.3 Å². The Bertz CT molecular complexity index is 573. The summed E-state index contributed by atoms with van der Waals surface area (Å²) in [6.45, 7) is 5.30. The van der Waals surface area contributed by atoms with E-state index in [1.54, 1.807) is 0 Å². The monoisotopic (exact) mass is 288 g/mol. The van der Waals surface area contributed by atoms with Gasteiger partial charge in [0.1, 0.15) is 5.82 Å². The summed E-state index contributed by atoms with van der Waals surface area (Å²) in [5.41, 5.74) is 0.933. The Morgan fingerprint density at radius 2 is 2.05 bits per heavy atom. The largest absolute Gasteiger partial charge is 0.396 e. The lowest BCUT2D eigenvalue weighted by atomic mass is 10.1. The number of aliphatic hydroxyl groups is 1. The van der Waals surface area contributed by atoms with Crippen molar-refractivity contribution < 1.29 is 5.11 Å². The van der Waals surface area contributed by atoms with Gasteiger partial charge >= 0.3 is 0 Å². The summed E-state index contributed by atoms with van der Waals surface area (Å²) in [6.07, 6.45) is 2.73. The molecule has 0 spiro atoms. The molecule has 0 saturated heterocycles. The molecule has 0 aliphatic rings. The fourth-order valence-corrected chi connectivity index (χ4v) is 2.21. The molecule has 2 rings (SSSR count). The maximum Gasteiger partial charge on any atom is 0.225 e. The van der Waals surface area contributed by atoms with Gasteiger partial charge in [0, 0.05) is 24.6 Å². The van der Waals surface area contributed by atoms with Crippen molar-refractivity contribution in [2.24, 2.45) is 0 Å². The predicted molar refractivity (Wildman–Crippen MR) is 87.7 cm³/mol. The fraction of sp³-hybridized carbons (Fsp3) is 0.500. The summed E-state index contributed by atoms with van der Waals surface area (Å²) in [4.78, 5) is 9.13. The number of nitrogens with one attached hydrogen (secondary N) is 2. The van der Waals surface area contributed by atoms with Crippen LogP contribution in [0.25, 0.3) is 10.9 Å². The van der Waals surface area contributed by atoms with Crippen molar-refractivity contribution >= 4 is 22.7 Å². The third kappa shape index (κ3) is 4.29. The van der Waals surface area contributed by atoms with Gasteiger partial charge in [-0.25, -0.2) is 4.98 Å². The molecule has 0 amide bonds. The highest BCUT2D eigenvalue weighted by Crippen LogP contribution is 2.23. The number of nitrogens with zero attached hydrogens (tertiary/aromatic N) is 2. The minimum Gasteiger partial charge on any atom is -0.396 e. The summed E-state index contributed by atoms with van der Waals surface area (Å²) in [7, 11) is 0. The van der Waals surface area contributed by atoms with Gasteiger partial charge in [-0.15, -0.1) is 0 Å². The van der Waals surface area contributed by atoms with E-state index >= 15 is 0 Å². The van der Waals surface area contributed by atoms with Crippen LogP contribution in [-0.4, -0.2) is 34.3 Å². The van der Waals surface area contributed by atoms with Gasteiger partial charge in [0.2, 0.25) is 5.95 Å². The molecule has 21 heavy (non-hydrogen) atoms. The van der Waals surface area contributed by atoms with Crippen molar-refractivity contribution in [1.29, 1.82) is 0 Å². The molecular weight excluding hydrogens is 264 g/mol. The molecule has 0 saturated carbocycles. The second kappa shape index (κ2) is 7.78. The van der Waals surface area contributed by atoms with Crippen molar-refractivity contribution in [3.8, 4) is 0 Å². The van der Waals surface area contributed by atoms with E-state index in [1.807, 2.05) is 24.3 Å². The quantitative estimate of drug-likeness (QED) is 0.696. The van der Waals surface area contributed by atoms with Crippen LogP contribution < -0.4 is 10.6 Å². The van der Waals surface area contributed by atoms with Gasteiger partial charge in [-0.1, -0.05) is 19.1 Å². The summed E-state index contributed by atoms with van der Waals surface area (Å²) in [6, 6.07) is 8.26.